The van der Waals surface area contributed by atoms with E-state index in [-0.39, 0.29) is 5.54 Å². The molecule has 1 aromatic carbocycles. The van der Waals surface area contributed by atoms with Crippen LogP contribution in [0.5, 0.6) is 0 Å². The average molecular weight is 218 g/mol. The second-order valence-electron chi connectivity index (χ2n) is 4.92. The number of hydrogen-bond acceptors (Lipinski definition) is 2. The smallest absolute Gasteiger partial charge is 0.0366 e. The minimum atomic E-state index is 0.0475. The van der Waals surface area contributed by atoms with Crippen LogP contribution in [0.1, 0.15) is 32.6 Å². The number of para-hydroxylation sites is 1. The Morgan fingerprint density at radius 3 is 2.38 bits per heavy atom. The molecular formula is C14H22N2. The number of likely N-dealkylation sites (N-methyl/N-ethyl adjacent to an activating group) is 1. The molecule has 2 nitrogen and oxygen atoms in total. The Kier molecular flexibility index (Phi) is 3.49. The number of hydrogen-bond donors (Lipinski definition) is 1. The molecule has 0 heterocycles. The summed E-state index contributed by atoms with van der Waals surface area (Å²) in [6.07, 6.45) is 4.94. The van der Waals surface area contributed by atoms with Crippen LogP contribution in [0.25, 0.3) is 0 Å². The first-order valence-electron chi connectivity index (χ1n) is 6.32. The number of anilines is 1. The summed E-state index contributed by atoms with van der Waals surface area (Å²) in [7, 11) is 0. The lowest BCUT2D eigenvalue weighted by atomic mass is 9.98. The van der Waals surface area contributed by atoms with E-state index in [0.717, 1.165) is 13.1 Å². The van der Waals surface area contributed by atoms with E-state index in [0.29, 0.717) is 0 Å². The van der Waals surface area contributed by atoms with Crippen molar-refractivity contribution in [2.45, 2.75) is 38.1 Å². The molecule has 0 amide bonds. The molecule has 2 heteroatoms. The summed E-state index contributed by atoms with van der Waals surface area (Å²) in [6.45, 7) is 4.22. The van der Waals surface area contributed by atoms with E-state index in [1.54, 1.807) is 0 Å². The lowest BCUT2D eigenvalue weighted by Crippen LogP contribution is -2.48. The van der Waals surface area contributed by atoms with E-state index in [2.05, 4.69) is 42.2 Å². The van der Waals surface area contributed by atoms with Gasteiger partial charge in [0.2, 0.25) is 0 Å². The second-order valence-corrected chi connectivity index (χ2v) is 4.92. The Morgan fingerprint density at radius 2 is 1.81 bits per heavy atom. The van der Waals surface area contributed by atoms with Crippen LogP contribution in [-0.2, 0) is 0 Å². The van der Waals surface area contributed by atoms with Crippen molar-refractivity contribution in [3.63, 3.8) is 0 Å². The van der Waals surface area contributed by atoms with Crippen LogP contribution in [0.2, 0.25) is 0 Å². The van der Waals surface area contributed by atoms with Crippen molar-refractivity contribution >= 4 is 5.69 Å². The molecule has 0 radical (unpaired) electrons. The maximum Gasteiger partial charge on any atom is 0.0366 e. The third kappa shape index (κ3) is 2.56. The van der Waals surface area contributed by atoms with Crippen LogP contribution in [0.3, 0.4) is 0 Å². The molecule has 2 N–H and O–H groups in total. The van der Waals surface area contributed by atoms with Crippen LogP contribution in [-0.4, -0.2) is 18.6 Å². The Bertz CT molecular complexity index is 315. The van der Waals surface area contributed by atoms with Gasteiger partial charge in [-0.05, 0) is 31.9 Å². The largest absolute Gasteiger partial charge is 0.370 e. The molecule has 16 heavy (non-hydrogen) atoms. The highest BCUT2D eigenvalue weighted by atomic mass is 15.1. The van der Waals surface area contributed by atoms with Gasteiger partial charge in [0.1, 0.15) is 0 Å². The van der Waals surface area contributed by atoms with E-state index in [9.17, 15) is 0 Å². The molecule has 0 bridgehead atoms. The van der Waals surface area contributed by atoms with Crippen molar-refractivity contribution in [2.75, 3.05) is 18.0 Å². The second kappa shape index (κ2) is 4.88. The zero-order chi connectivity index (χ0) is 11.4. The molecular weight excluding hydrogens is 196 g/mol. The lowest BCUT2D eigenvalue weighted by molar-refractivity contribution is 0.436. The monoisotopic (exact) mass is 218 g/mol. The third-order valence-corrected chi connectivity index (χ3v) is 3.61. The van der Waals surface area contributed by atoms with Crippen molar-refractivity contribution in [1.29, 1.82) is 0 Å². The summed E-state index contributed by atoms with van der Waals surface area (Å²) in [6, 6.07) is 10.6. The van der Waals surface area contributed by atoms with E-state index in [1.165, 1.54) is 31.4 Å². The molecule has 0 aliphatic heterocycles. The van der Waals surface area contributed by atoms with Crippen molar-refractivity contribution in [3.8, 4) is 0 Å². The molecule has 1 fully saturated rings. The van der Waals surface area contributed by atoms with E-state index >= 15 is 0 Å². The van der Waals surface area contributed by atoms with Crippen LogP contribution >= 0.6 is 0 Å². The first-order valence-corrected chi connectivity index (χ1v) is 6.32. The van der Waals surface area contributed by atoms with E-state index < -0.39 is 0 Å². The normalized spacial score (nSPS) is 18.6. The molecule has 1 aliphatic rings. The first kappa shape index (κ1) is 11.5. The molecule has 0 spiro atoms. The summed E-state index contributed by atoms with van der Waals surface area (Å²) in [5.41, 5.74) is 7.77. The topological polar surface area (TPSA) is 29.3 Å². The third-order valence-electron chi connectivity index (χ3n) is 3.61. The maximum atomic E-state index is 6.43. The molecule has 1 aliphatic carbocycles. The van der Waals surface area contributed by atoms with Gasteiger partial charge in [-0.1, -0.05) is 31.0 Å². The fourth-order valence-electron chi connectivity index (χ4n) is 2.64. The molecule has 0 unspecified atom stereocenters. The molecule has 88 valence electrons. The highest BCUT2D eigenvalue weighted by molar-refractivity contribution is 5.46. The standard InChI is InChI=1S/C14H22N2/c1-2-16(13-8-4-3-5-9-13)12-14(15)10-6-7-11-14/h3-5,8-9H,2,6-7,10-12,15H2,1H3. The van der Waals surface area contributed by atoms with Gasteiger partial charge in [0.25, 0.3) is 0 Å². The number of nitrogens with zero attached hydrogens (tertiary/aromatic N) is 1. The van der Waals surface area contributed by atoms with Gasteiger partial charge in [-0.15, -0.1) is 0 Å². The maximum absolute atomic E-state index is 6.43. The van der Waals surface area contributed by atoms with Crippen molar-refractivity contribution in [1.82, 2.24) is 0 Å². The Hall–Kier alpha value is -1.02. The summed E-state index contributed by atoms with van der Waals surface area (Å²) < 4.78 is 0. The molecule has 1 aromatic rings. The molecule has 2 rings (SSSR count). The minimum absolute atomic E-state index is 0.0475. The Balaban J connectivity index is 2.06. The number of benzene rings is 1. The summed E-state index contributed by atoms with van der Waals surface area (Å²) >= 11 is 0. The van der Waals surface area contributed by atoms with Gasteiger partial charge >= 0.3 is 0 Å². The van der Waals surface area contributed by atoms with Gasteiger partial charge < -0.3 is 10.6 Å². The van der Waals surface area contributed by atoms with Gasteiger partial charge in [-0.25, -0.2) is 0 Å². The highest BCUT2D eigenvalue weighted by Crippen LogP contribution is 2.29. The van der Waals surface area contributed by atoms with Crippen LogP contribution < -0.4 is 10.6 Å². The SMILES string of the molecule is CCN(CC1(N)CCCC1)c1ccccc1. The van der Waals surface area contributed by atoms with Gasteiger partial charge in [0.05, 0.1) is 0 Å². The van der Waals surface area contributed by atoms with Gasteiger partial charge in [-0.3, -0.25) is 0 Å². The predicted octanol–water partition coefficient (Wildman–Crippen LogP) is 2.78. The first-order chi connectivity index (χ1) is 7.73. The van der Waals surface area contributed by atoms with Crippen LogP contribution in [0.15, 0.2) is 30.3 Å². The molecule has 1 saturated carbocycles. The Labute approximate surface area is 98.4 Å². The Morgan fingerprint density at radius 1 is 1.19 bits per heavy atom. The van der Waals surface area contributed by atoms with Crippen LogP contribution in [0.4, 0.5) is 5.69 Å². The van der Waals surface area contributed by atoms with Crippen LogP contribution in [0, 0.1) is 0 Å². The number of rotatable bonds is 4. The average Bonchev–Trinajstić information content (AvgIpc) is 2.74. The van der Waals surface area contributed by atoms with E-state index in [4.69, 9.17) is 5.73 Å². The minimum Gasteiger partial charge on any atom is -0.370 e. The molecule has 0 saturated heterocycles. The number of nitrogens with two attached hydrogens (primary N) is 1. The molecule has 0 atom stereocenters. The van der Waals surface area contributed by atoms with Crippen molar-refractivity contribution in [2.24, 2.45) is 5.73 Å². The summed E-state index contributed by atoms with van der Waals surface area (Å²) in [5.74, 6) is 0. The lowest BCUT2D eigenvalue weighted by Gasteiger charge is -2.33. The highest BCUT2D eigenvalue weighted by Gasteiger charge is 2.31. The summed E-state index contributed by atoms with van der Waals surface area (Å²) in [4.78, 5) is 2.39. The summed E-state index contributed by atoms with van der Waals surface area (Å²) in [5, 5.41) is 0. The molecule has 0 aromatic heterocycles. The fraction of sp³-hybridized carbons (Fsp3) is 0.571. The van der Waals surface area contributed by atoms with Gasteiger partial charge in [0.15, 0.2) is 0 Å². The van der Waals surface area contributed by atoms with Crippen molar-refractivity contribution in [3.05, 3.63) is 30.3 Å². The van der Waals surface area contributed by atoms with Crippen molar-refractivity contribution < 1.29 is 0 Å². The zero-order valence-corrected chi connectivity index (χ0v) is 10.2. The predicted molar refractivity (Wildman–Crippen MR) is 69.7 cm³/mol. The van der Waals surface area contributed by atoms with Gasteiger partial charge in [0, 0.05) is 24.3 Å². The quantitative estimate of drug-likeness (QED) is 0.842. The zero-order valence-electron chi connectivity index (χ0n) is 10.2. The van der Waals surface area contributed by atoms with E-state index in [1.807, 2.05) is 0 Å². The fourth-order valence-corrected chi connectivity index (χ4v) is 2.64. The van der Waals surface area contributed by atoms with Gasteiger partial charge in [-0.2, -0.15) is 0 Å².